The number of piperazine rings is 1. The van der Waals surface area contributed by atoms with E-state index < -0.39 is 6.09 Å². The van der Waals surface area contributed by atoms with Gasteiger partial charge in [-0.15, -0.1) is 0 Å². The number of nitrogens with one attached hydrogen (secondary N) is 1. The van der Waals surface area contributed by atoms with Crippen molar-refractivity contribution in [1.29, 1.82) is 0 Å². The van der Waals surface area contributed by atoms with Gasteiger partial charge in [0.25, 0.3) is 0 Å². The third kappa shape index (κ3) is 1.83. The van der Waals surface area contributed by atoms with Gasteiger partial charge < -0.3 is 20.0 Å². The fraction of sp³-hybridized carbons (Fsp3) is 0.778. The van der Waals surface area contributed by atoms with Crippen molar-refractivity contribution in [2.75, 3.05) is 39.3 Å². The van der Waals surface area contributed by atoms with Crippen LogP contribution in [-0.2, 0) is 4.79 Å². The Morgan fingerprint density at radius 1 is 1.44 bits per heavy atom. The molecular formula is C9H15N3O4. The van der Waals surface area contributed by atoms with Crippen LogP contribution >= 0.6 is 0 Å². The lowest BCUT2D eigenvalue weighted by atomic mass is 9.87. The third-order valence-electron chi connectivity index (χ3n) is 3.09. The molecule has 90 valence electrons. The average Bonchev–Trinajstić information content (AvgIpc) is 2.18. The highest BCUT2D eigenvalue weighted by molar-refractivity contribution is 5.80. The van der Waals surface area contributed by atoms with Crippen molar-refractivity contribution in [2.45, 2.75) is 5.54 Å². The third-order valence-corrected chi connectivity index (χ3v) is 3.09. The molecule has 7 heteroatoms. The summed E-state index contributed by atoms with van der Waals surface area (Å²) in [6, 6.07) is 0. The number of amides is 2. The smallest absolute Gasteiger partial charge is 0.407 e. The van der Waals surface area contributed by atoms with Gasteiger partial charge in [0.2, 0.25) is 5.91 Å². The Balaban J connectivity index is 1.94. The van der Waals surface area contributed by atoms with Gasteiger partial charge in [-0.25, -0.2) is 4.79 Å². The first-order valence-corrected chi connectivity index (χ1v) is 5.18. The Morgan fingerprint density at radius 2 is 2.12 bits per heavy atom. The minimum absolute atomic E-state index is 0.0477. The largest absolute Gasteiger partial charge is 0.465 e. The summed E-state index contributed by atoms with van der Waals surface area (Å²) in [6.45, 7) is 1.73. The van der Waals surface area contributed by atoms with Crippen LogP contribution in [0.4, 0.5) is 4.79 Å². The van der Waals surface area contributed by atoms with E-state index in [2.05, 4.69) is 5.32 Å². The molecule has 2 heterocycles. The van der Waals surface area contributed by atoms with Crippen LogP contribution in [-0.4, -0.2) is 76.9 Å². The van der Waals surface area contributed by atoms with Crippen LogP contribution in [0.5, 0.6) is 0 Å². The molecule has 0 atom stereocenters. The Hall–Kier alpha value is -1.34. The summed E-state index contributed by atoms with van der Waals surface area (Å²) < 4.78 is 0. The van der Waals surface area contributed by atoms with Gasteiger partial charge in [0.05, 0.1) is 18.7 Å². The second-order valence-corrected chi connectivity index (χ2v) is 4.31. The first-order valence-electron chi connectivity index (χ1n) is 5.18. The molecule has 0 aliphatic carbocycles. The molecule has 2 fully saturated rings. The highest BCUT2D eigenvalue weighted by atomic mass is 16.4. The maximum absolute atomic E-state index is 11.4. The number of hydrogen-bond donors (Lipinski definition) is 3. The van der Waals surface area contributed by atoms with Crippen molar-refractivity contribution in [3.63, 3.8) is 0 Å². The molecule has 2 aliphatic heterocycles. The predicted octanol–water partition coefficient (Wildman–Crippen LogP) is -1.86. The molecule has 1 spiro atoms. The molecule has 3 N–H and O–H groups in total. The lowest BCUT2D eigenvalue weighted by Gasteiger charge is -2.53. The van der Waals surface area contributed by atoms with Crippen LogP contribution in [0, 0.1) is 0 Å². The number of aliphatic hydroxyl groups is 1. The van der Waals surface area contributed by atoms with Gasteiger partial charge in [-0.3, -0.25) is 10.1 Å². The fourth-order valence-electron chi connectivity index (χ4n) is 2.24. The molecule has 2 rings (SSSR count). The monoisotopic (exact) mass is 229 g/mol. The van der Waals surface area contributed by atoms with E-state index >= 15 is 0 Å². The van der Waals surface area contributed by atoms with Gasteiger partial charge in [-0.2, -0.15) is 0 Å². The maximum atomic E-state index is 11.4. The number of hydrogen-bond acceptors (Lipinski definition) is 4. The van der Waals surface area contributed by atoms with Gasteiger partial charge in [0.1, 0.15) is 0 Å². The Kier molecular flexibility index (Phi) is 2.73. The molecule has 0 radical (unpaired) electrons. The summed E-state index contributed by atoms with van der Waals surface area (Å²) in [4.78, 5) is 25.0. The molecule has 7 nitrogen and oxygen atoms in total. The standard InChI is InChI=1S/C9H15N3O4/c13-2-1-11-4-9(10-3-7(11)14)5-12(6-9)8(15)16/h10,13H,1-6H2,(H,15,16). The van der Waals surface area contributed by atoms with Crippen molar-refractivity contribution in [3.8, 4) is 0 Å². The van der Waals surface area contributed by atoms with Gasteiger partial charge in [0.15, 0.2) is 0 Å². The van der Waals surface area contributed by atoms with E-state index in [1.165, 1.54) is 4.90 Å². The highest BCUT2D eigenvalue weighted by Gasteiger charge is 2.49. The number of likely N-dealkylation sites (tertiary alicyclic amines) is 1. The van der Waals surface area contributed by atoms with Crippen molar-refractivity contribution in [3.05, 3.63) is 0 Å². The minimum atomic E-state index is -0.932. The van der Waals surface area contributed by atoms with Crippen LogP contribution < -0.4 is 5.32 Å². The van der Waals surface area contributed by atoms with E-state index in [1.54, 1.807) is 4.90 Å². The molecule has 0 aromatic rings. The molecule has 2 amide bonds. The second kappa shape index (κ2) is 3.91. The molecule has 0 saturated carbocycles. The zero-order valence-corrected chi connectivity index (χ0v) is 8.85. The number of carbonyl (C=O) groups excluding carboxylic acids is 1. The van der Waals surface area contributed by atoms with Gasteiger partial charge in [-0.1, -0.05) is 0 Å². The van der Waals surface area contributed by atoms with E-state index in [1.807, 2.05) is 0 Å². The van der Waals surface area contributed by atoms with Crippen molar-refractivity contribution >= 4 is 12.0 Å². The average molecular weight is 229 g/mol. The van der Waals surface area contributed by atoms with Crippen molar-refractivity contribution in [2.24, 2.45) is 0 Å². The summed E-state index contributed by atoms with van der Waals surface area (Å²) in [5, 5.41) is 20.6. The zero-order valence-electron chi connectivity index (χ0n) is 8.85. The summed E-state index contributed by atoms with van der Waals surface area (Å²) >= 11 is 0. The van der Waals surface area contributed by atoms with Gasteiger partial charge in [0, 0.05) is 26.2 Å². The molecule has 16 heavy (non-hydrogen) atoms. The number of rotatable bonds is 2. The SMILES string of the molecule is O=C(O)N1CC2(C1)CN(CCO)C(=O)CN2. The number of aliphatic hydroxyl groups excluding tert-OH is 1. The number of nitrogens with zero attached hydrogens (tertiary/aromatic N) is 2. The lowest BCUT2D eigenvalue weighted by molar-refractivity contribution is -0.138. The van der Waals surface area contributed by atoms with Crippen molar-refractivity contribution in [1.82, 2.24) is 15.1 Å². The van der Waals surface area contributed by atoms with E-state index in [0.29, 0.717) is 26.2 Å². The van der Waals surface area contributed by atoms with Crippen LogP contribution in [0.15, 0.2) is 0 Å². The molecule has 2 saturated heterocycles. The second-order valence-electron chi connectivity index (χ2n) is 4.31. The summed E-state index contributed by atoms with van der Waals surface area (Å²) in [5.41, 5.74) is -0.304. The molecule has 0 aromatic heterocycles. The van der Waals surface area contributed by atoms with Crippen LogP contribution in [0.1, 0.15) is 0 Å². The number of carboxylic acid groups (broad SMARTS) is 1. The number of β-amino-alcohol motifs (C(OH)–C–C–N with tert-alkyl or cyclic N) is 1. The normalized spacial score (nSPS) is 23.4. The zero-order chi connectivity index (χ0) is 11.8. The topological polar surface area (TPSA) is 93.1 Å². The first-order chi connectivity index (χ1) is 7.56. The minimum Gasteiger partial charge on any atom is -0.465 e. The van der Waals surface area contributed by atoms with Gasteiger partial charge >= 0.3 is 6.09 Å². The van der Waals surface area contributed by atoms with Crippen LogP contribution in [0.2, 0.25) is 0 Å². The summed E-state index contributed by atoms with van der Waals surface area (Å²) in [6.07, 6.45) is -0.932. The van der Waals surface area contributed by atoms with Gasteiger partial charge in [-0.05, 0) is 0 Å². The summed E-state index contributed by atoms with van der Waals surface area (Å²) in [7, 11) is 0. The Labute approximate surface area is 92.6 Å². The molecular weight excluding hydrogens is 214 g/mol. The first kappa shape index (κ1) is 11.2. The quantitative estimate of drug-likeness (QED) is 0.516. The van der Waals surface area contributed by atoms with E-state index in [-0.39, 0.29) is 24.6 Å². The molecule has 2 aliphatic rings. The van der Waals surface area contributed by atoms with E-state index in [9.17, 15) is 9.59 Å². The number of carbonyl (C=O) groups is 2. The molecule has 0 bridgehead atoms. The predicted molar refractivity (Wildman–Crippen MR) is 54.0 cm³/mol. The summed E-state index contributed by atoms with van der Waals surface area (Å²) in [5.74, 6) is -0.0477. The maximum Gasteiger partial charge on any atom is 0.407 e. The highest BCUT2D eigenvalue weighted by Crippen LogP contribution is 2.24. The van der Waals surface area contributed by atoms with E-state index in [4.69, 9.17) is 10.2 Å². The van der Waals surface area contributed by atoms with Crippen LogP contribution in [0.25, 0.3) is 0 Å². The molecule has 0 unspecified atom stereocenters. The van der Waals surface area contributed by atoms with Crippen molar-refractivity contribution < 1.29 is 19.8 Å². The Bertz CT molecular complexity index is 314. The Morgan fingerprint density at radius 3 is 2.69 bits per heavy atom. The van der Waals surface area contributed by atoms with Crippen LogP contribution in [0.3, 0.4) is 0 Å². The fourth-order valence-corrected chi connectivity index (χ4v) is 2.24. The lowest BCUT2D eigenvalue weighted by Crippen LogP contribution is -2.77. The van der Waals surface area contributed by atoms with E-state index in [0.717, 1.165) is 0 Å². The molecule has 0 aromatic carbocycles.